The second-order valence-electron chi connectivity index (χ2n) is 10.9. The second kappa shape index (κ2) is 13.2. The number of nitrogens with zero attached hydrogens (tertiary/aromatic N) is 2. The molecule has 2 aliphatic heterocycles. The number of methoxy groups -OCH3 is 1. The van der Waals surface area contributed by atoms with Gasteiger partial charge in [-0.25, -0.2) is 14.2 Å². The summed E-state index contributed by atoms with van der Waals surface area (Å²) in [7, 11) is 1.55. The molecule has 1 atom stereocenters. The van der Waals surface area contributed by atoms with Crippen LogP contribution in [0.25, 0.3) is 11.8 Å². The molecule has 48 heavy (non-hydrogen) atoms. The van der Waals surface area contributed by atoms with Gasteiger partial charge in [0.15, 0.2) is 27.8 Å². The van der Waals surface area contributed by atoms with E-state index in [0.717, 1.165) is 5.56 Å². The van der Waals surface area contributed by atoms with Gasteiger partial charge in [0.25, 0.3) is 5.56 Å². The summed E-state index contributed by atoms with van der Waals surface area (Å²) in [5.74, 6) is 1.34. The number of carbonyl (C=O) groups excluding carboxylic acids is 1. The molecule has 0 N–H and O–H groups in total. The number of esters is 1. The fraction of sp³-hybridized carbons (Fsp3) is 0.162. The molecule has 9 nitrogen and oxygen atoms in total. The van der Waals surface area contributed by atoms with E-state index < -0.39 is 17.8 Å². The lowest BCUT2D eigenvalue weighted by Gasteiger charge is -2.25. The summed E-state index contributed by atoms with van der Waals surface area (Å²) in [6.07, 6.45) is 1.74. The van der Waals surface area contributed by atoms with E-state index >= 15 is 0 Å². The molecule has 0 fully saturated rings. The summed E-state index contributed by atoms with van der Waals surface area (Å²) in [6.45, 7) is 2.31. The van der Waals surface area contributed by atoms with Gasteiger partial charge in [-0.1, -0.05) is 65.9 Å². The molecule has 0 aliphatic carbocycles. The summed E-state index contributed by atoms with van der Waals surface area (Å²) in [5, 5.41) is 0. The average molecular weight is 665 g/mol. The van der Waals surface area contributed by atoms with Crippen LogP contribution in [0.1, 0.15) is 35.2 Å². The number of carbonyl (C=O) groups is 1. The Morgan fingerprint density at radius 3 is 2.56 bits per heavy atom. The van der Waals surface area contributed by atoms with Crippen LogP contribution in [0.3, 0.4) is 0 Å². The third-order valence-corrected chi connectivity index (χ3v) is 8.86. The summed E-state index contributed by atoms with van der Waals surface area (Å²) >= 11 is 1.19. The number of rotatable bonds is 9. The van der Waals surface area contributed by atoms with Gasteiger partial charge in [-0.2, -0.15) is 0 Å². The smallest absolute Gasteiger partial charge is 0.338 e. The van der Waals surface area contributed by atoms with Crippen LogP contribution in [0.4, 0.5) is 4.39 Å². The zero-order valence-corrected chi connectivity index (χ0v) is 26.8. The maximum Gasteiger partial charge on any atom is 0.338 e. The number of hydrogen-bond acceptors (Lipinski definition) is 9. The first-order valence-corrected chi connectivity index (χ1v) is 16.0. The van der Waals surface area contributed by atoms with Gasteiger partial charge in [0.05, 0.1) is 35.6 Å². The van der Waals surface area contributed by atoms with Gasteiger partial charge in [0, 0.05) is 5.56 Å². The van der Waals surface area contributed by atoms with E-state index in [1.807, 2.05) is 54.6 Å². The van der Waals surface area contributed by atoms with Crippen molar-refractivity contribution >= 4 is 29.1 Å². The van der Waals surface area contributed by atoms with E-state index in [0.29, 0.717) is 54.7 Å². The van der Waals surface area contributed by atoms with Crippen molar-refractivity contribution in [1.29, 1.82) is 0 Å². The van der Waals surface area contributed by atoms with Gasteiger partial charge in [0.2, 0.25) is 6.79 Å². The van der Waals surface area contributed by atoms with Gasteiger partial charge in [-0.15, -0.1) is 0 Å². The lowest BCUT2D eigenvalue weighted by Crippen LogP contribution is -2.40. The fourth-order valence-corrected chi connectivity index (χ4v) is 6.64. The number of fused-ring (bicyclic) bond motifs is 2. The van der Waals surface area contributed by atoms with Crippen LogP contribution in [0.15, 0.2) is 106 Å². The molecule has 242 valence electrons. The van der Waals surface area contributed by atoms with Crippen LogP contribution in [0.5, 0.6) is 23.0 Å². The number of aromatic nitrogens is 1. The largest absolute Gasteiger partial charge is 0.493 e. The molecule has 0 unspecified atom stereocenters. The normalized spacial score (nSPS) is 15.1. The van der Waals surface area contributed by atoms with Crippen molar-refractivity contribution in [2.75, 3.05) is 20.5 Å². The highest BCUT2D eigenvalue weighted by atomic mass is 32.1. The molecular weight excluding hydrogens is 635 g/mol. The Kier molecular flexibility index (Phi) is 8.51. The Hall–Kier alpha value is -5.68. The first-order chi connectivity index (χ1) is 23.4. The quantitative estimate of drug-likeness (QED) is 0.195. The Balaban J connectivity index is 1.29. The fourth-order valence-electron chi connectivity index (χ4n) is 5.64. The van der Waals surface area contributed by atoms with Crippen molar-refractivity contribution in [2.45, 2.75) is 19.6 Å². The minimum atomic E-state index is -0.903. The third-order valence-electron chi connectivity index (χ3n) is 7.88. The summed E-state index contributed by atoms with van der Waals surface area (Å²) in [4.78, 5) is 33.0. The SMILES string of the molecule is CCOC(=O)C1=C(c2ccccc2)N=c2s/c(=C\c3ccc(OCc4ccc5c(c4)OCO5)c(OC)c3)c(=O)n2[C@@H]1c1ccc(F)cc1. The van der Waals surface area contributed by atoms with E-state index in [-0.39, 0.29) is 31.1 Å². The van der Waals surface area contributed by atoms with E-state index in [4.69, 9.17) is 28.7 Å². The van der Waals surface area contributed by atoms with Gasteiger partial charge >= 0.3 is 5.97 Å². The zero-order valence-electron chi connectivity index (χ0n) is 26.0. The lowest BCUT2D eigenvalue weighted by atomic mass is 9.93. The van der Waals surface area contributed by atoms with Gasteiger partial charge in [-0.3, -0.25) is 9.36 Å². The predicted octanol–water partition coefficient (Wildman–Crippen LogP) is 5.39. The molecule has 0 amide bonds. The molecular formula is C37H29FN2O7S. The van der Waals surface area contributed by atoms with Gasteiger partial charge in [-0.05, 0) is 66.1 Å². The molecule has 5 aromatic rings. The summed E-state index contributed by atoms with van der Waals surface area (Å²) < 4.78 is 43.9. The molecule has 4 aromatic carbocycles. The first-order valence-electron chi connectivity index (χ1n) is 15.2. The molecule has 0 bridgehead atoms. The first kappa shape index (κ1) is 30.9. The number of thiazole rings is 1. The molecule has 0 saturated carbocycles. The molecule has 7 rings (SSSR count). The summed E-state index contributed by atoms with van der Waals surface area (Å²) in [6, 6.07) is 25.1. The number of benzene rings is 4. The van der Waals surface area contributed by atoms with Crippen LogP contribution in [-0.4, -0.2) is 31.0 Å². The van der Waals surface area contributed by atoms with Crippen LogP contribution in [0, 0.1) is 5.82 Å². The third kappa shape index (κ3) is 5.95. The van der Waals surface area contributed by atoms with Crippen LogP contribution >= 0.6 is 11.3 Å². The maximum absolute atomic E-state index is 14.2. The molecule has 3 heterocycles. The van der Waals surface area contributed by atoms with Gasteiger partial charge < -0.3 is 23.7 Å². The minimum Gasteiger partial charge on any atom is -0.493 e. The van der Waals surface area contributed by atoms with Crippen molar-refractivity contribution in [1.82, 2.24) is 4.57 Å². The average Bonchev–Trinajstić information content (AvgIpc) is 3.71. The van der Waals surface area contributed by atoms with Crippen molar-refractivity contribution in [3.63, 3.8) is 0 Å². The zero-order chi connectivity index (χ0) is 33.2. The number of hydrogen-bond donors (Lipinski definition) is 0. The Bertz CT molecular complexity index is 2230. The van der Waals surface area contributed by atoms with Crippen LogP contribution < -0.4 is 33.8 Å². The van der Waals surface area contributed by atoms with E-state index in [1.165, 1.54) is 28.0 Å². The highest BCUT2D eigenvalue weighted by Gasteiger charge is 2.35. The maximum atomic E-state index is 14.2. The van der Waals surface area contributed by atoms with E-state index in [2.05, 4.69) is 0 Å². The molecule has 0 spiro atoms. The Labute approximate surface area is 278 Å². The van der Waals surface area contributed by atoms with Crippen molar-refractivity contribution in [3.8, 4) is 23.0 Å². The molecule has 2 aliphatic rings. The predicted molar refractivity (Wildman–Crippen MR) is 177 cm³/mol. The number of ether oxygens (including phenoxy) is 5. The lowest BCUT2D eigenvalue weighted by molar-refractivity contribution is -0.138. The Morgan fingerprint density at radius 2 is 1.79 bits per heavy atom. The molecule has 1 aromatic heterocycles. The summed E-state index contributed by atoms with van der Waals surface area (Å²) in [5.41, 5.74) is 3.05. The van der Waals surface area contributed by atoms with E-state index in [1.54, 1.807) is 44.4 Å². The number of halogens is 1. The molecule has 0 radical (unpaired) electrons. The second-order valence-corrected chi connectivity index (χ2v) is 11.9. The minimum absolute atomic E-state index is 0.128. The van der Waals surface area contributed by atoms with Crippen LogP contribution in [0.2, 0.25) is 0 Å². The monoisotopic (exact) mass is 664 g/mol. The topological polar surface area (TPSA) is 97.6 Å². The highest BCUT2D eigenvalue weighted by Crippen LogP contribution is 2.36. The van der Waals surface area contributed by atoms with Crippen molar-refractivity contribution in [2.24, 2.45) is 4.99 Å². The molecule has 11 heteroatoms. The van der Waals surface area contributed by atoms with Gasteiger partial charge in [0.1, 0.15) is 12.4 Å². The molecule has 0 saturated heterocycles. The van der Waals surface area contributed by atoms with Crippen LogP contribution in [-0.2, 0) is 16.1 Å². The van der Waals surface area contributed by atoms with E-state index in [9.17, 15) is 14.0 Å². The van der Waals surface area contributed by atoms with Crippen molar-refractivity contribution < 1.29 is 32.9 Å². The van der Waals surface area contributed by atoms with Crippen molar-refractivity contribution in [3.05, 3.63) is 144 Å². The standard InChI is InChI=1S/C37H29FN2O7S/c1-3-44-36(42)32-33(24-7-5-4-6-8-24)39-37-40(34(32)25-11-13-26(38)14-12-25)35(41)31(48-37)19-22-9-15-27(29(17-22)43-2)45-20-23-10-16-28-30(18-23)47-21-46-28/h4-19,34H,3,20-21H2,1-2H3/b31-19-/t34-/m1/s1. The highest BCUT2D eigenvalue weighted by molar-refractivity contribution is 7.07. The Morgan fingerprint density at radius 1 is 1.00 bits per heavy atom.